The Morgan fingerprint density at radius 1 is 0.955 bits per heavy atom. The number of carbonyl (C=O) groups excluding carboxylic acids is 3. The molecular formula is C35H43N3O5S. The van der Waals surface area contributed by atoms with Crippen LogP contribution in [0.2, 0.25) is 0 Å². The number of benzene rings is 2. The lowest BCUT2D eigenvalue weighted by atomic mass is 9.49. The number of hydrogen-bond donors (Lipinski definition) is 1. The number of thiocarbonyl (C=S) groups is 1. The van der Waals surface area contributed by atoms with Crippen molar-refractivity contribution in [3.05, 3.63) is 54.1 Å². The van der Waals surface area contributed by atoms with Gasteiger partial charge in [-0.3, -0.25) is 14.5 Å². The predicted molar refractivity (Wildman–Crippen MR) is 174 cm³/mol. The summed E-state index contributed by atoms with van der Waals surface area (Å²) in [6.45, 7) is 5.39. The molecule has 1 heterocycles. The van der Waals surface area contributed by atoms with Gasteiger partial charge in [0.2, 0.25) is 5.91 Å². The molecule has 4 saturated carbocycles. The Morgan fingerprint density at radius 3 is 2.18 bits per heavy atom. The first kappa shape index (κ1) is 30.6. The summed E-state index contributed by atoms with van der Waals surface area (Å²) in [6, 6.07) is 13.3. The monoisotopic (exact) mass is 617 g/mol. The van der Waals surface area contributed by atoms with Crippen LogP contribution in [0, 0.1) is 23.2 Å². The topological polar surface area (TPSA) is 88.2 Å². The molecule has 1 atom stereocenters. The lowest BCUT2D eigenvalue weighted by Crippen LogP contribution is -2.48. The Hall–Kier alpha value is -3.46. The molecule has 5 fully saturated rings. The van der Waals surface area contributed by atoms with Gasteiger partial charge in [0.25, 0.3) is 5.91 Å². The third-order valence-electron chi connectivity index (χ3n) is 9.99. The second-order valence-electron chi connectivity index (χ2n) is 13.2. The SMILES string of the molecule is CCCOc1ccc(NC(=O)C[C@H]2C(=O)N(c3ccc(C(=O)OCC)cc3)C(=S)N2CCC23CC4CC(CC(C4)C2)C3)cc1. The Bertz CT molecular complexity index is 1360. The van der Waals surface area contributed by atoms with Crippen molar-refractivity contribution in [1.29, 1.82) is 0 Å². The number of ether oxygens (including phenoxy) is 2. The summed E-state index contributed by atoms with van der Waals surface area (Å²) in [5.74, 6) is 2.39. The maximum atomic E-state index is 14.0. The van der Waals surface area contributed by atoms with Crippen molar-refractivity contribution in [2.45, 2.75) is 77.7 Å². The van der Waals surface area contributed by atoms with E-state index in [1.807, 2.05) is 29.2 Å². The summed E-state index contributed by atoms with van der Waals surface area (Å²) in [6.07, 6.45) is 9.85. The quantitative estimate of drug-likeness (QED) is 0.212. The van der Waals surface area contributed by atoms with E-state index in [4.69, 9.17) is 21.7 Å². The van der Waals surface area contributed by atoms with Crippen LogP contribution in [-0.4, -0.2) is 53.6 Å². The summed E-state index contributed by atoms with van der Waals surface area (Å²) in [5, 5.41) is 3.37. The molecule has 8 nitrogen and oxygen atoms in total. The van der Waals surface area contributed by atoms with Crippen LogP contribution < -0.4 is 15.0 Å². The molecule has 5 aliphatic rings. The summed E-state index contributed by atoms with van der Waals surface area (Å²) >= 11 is 5.96. The minimum absolute atomic E-state index is 0.00859. The lowest BCUT2D eigenvalue weighted by molar-refractivity contribution is -0.124. The number of carbonyl (C=O) groups is 3. The number of amides is 2. The van der Waals surface area contributed by atoms with Crippen molar-refractivity contribution >= 4 is 46.5 Å². The minimum Gasteiger partial charge on any atom is -0.494 e. The predicted octanol–water partition coefficient (Wildman–Crippen LogP) is 6.59. The van der Waals surface area contributed by atoms with E-state index in [1.165, 1.54) is 43.4 Å². The van der Waals surface area contributed by atoms with Gasteiger partial charge in [0.1, 0.15) is 11.8 Å². The van der Waals surface area contributed by atoms with Crippen molar-refractivity contribution in [3.63, 3.8) is 0 Å². The van der Waals surface area contributed by atoms with Crippen molar-refractivity contribution in [2.24, 2.45) is 23.2 Å². The van der Waals surface area contributed by atoms with E-state index in [-0.39, 0.29) is 24.8 Å². The average Bonchev–Trinajstić information content (AvgIpc) is 3.23. The van der Waals surface area contributed by atoms with Gasteiger partial charge in [-0.05, 0) is 142 Å². The molecular weight excluding hydrogens is 574 g/mol. The fraction of sp³-hybridized carbons (Fsp3) is 0.543. The van der Waals surface area contributed by atoms with Crippen molar-refractivity contribution < 1.29 is 23.9 Å². The van der Waals surface area contributed by atoms with Crippen LogP contribution in [0.1, 0.15) is 82.0 Å². The molecule has 2 aromatic carbocycles. The standard InChI is InChI=1S/C35H43N3O5S/c1-3-15-43-29-11-7-27(8-12-29)36-31(39)19-30-32(40)38(28-9-5-26(6-10-28)33(41)42-4-2)34(44)37(30)14-13-35-20-23-16-24(21-35)18-25(17-23)22-35/h5-12,23-25,30H,3-4,13-22H2,1-2H3,(H,36,39)/t23?,24?,25?,30-,35?/m0/s1. The van der Waals surface area contributed by atoms with Gasteiger partial charge in [0.15, 0.2) is 5.11 Å². The highest BCUT2D eigenvalue weighted by molar-refractivity contribution is 7.80. The van der Waals surface area contributed by atoms with Gasteiger partial charge in [-0.25, -0.2) is 4.79 Å². The zero-order valence-electron chi connectivity index (χ0n) is 25.8. The molecule has 0 spiro atoms. The highest BCUT2D eigenvalue weighted by atomic mass is 32.1. The molecule has 44 heavy (non-hydrogen) atoms. The lowest BCUT2D eigenvalue weighted by Gasteiger charge is -2.57. The van der Waals surface area contributed by atoms with Gasteiger partial charge in [-0.1, -0.05) is 6.92 Å². The number of anilines is 2. The van der Waals surface area contributed by atoms with Gasteiger partial charge >= 0.3 is 5.97 Å². The molecule has 0 aromatic heterocycles. The maximum Gasteiger partial charge on any atom is 0.338 e. The Labute approximate surface area is 265 Å². The van der Waals surface area contributed by atoms with Crippen LogP contribution in [0.4, 0.5) is 11.4 Å². The van der Waals surface area contributed by atoms with E-state index in [0.29, 0.717) is 40.6 Å². The molecule has 0 radical (unpaired) electrons. The first-order chi connectivity index (χ1) is 21.3. The molecule has 4 aliphatic carbocycles. The van der Waals surface area contributed by atoms with E-state index in [0.717, 1.165) is 36.3 Å². The number of esters is 1. The second kappa shape index (κ2) is 12.9. The van der Waals surface area contributed by atoms with Crippen LogP contribution in [-0.2, 0) is 14.3 Å². The molecule has 7 rings (SSSR count). The van der Waals surface area contributed by atoms with Crippen molar-refractivity contribution in [3.8, 4) is 5.75 Å². The Morgan fingerprint density at radius 2 is 1.59 bits per heavy atom. The molecule has 9 heteroatoms. The summed E-state index contributed by atoms with van der Waals surface area (Å²) in [4.78, 5) is 43.1. The highest BCUT2D eigenvalue weighted by Crippen LogP contribution is 2.61. The largest absolute Gasteiger partial charge is 0.494 e. The highest BCUT2D eigenvalue weighted by Gasteiger charge is 2.52. The third kappa shape index (κ3) is 6.34. The van der Waals surface area contributed by atoms with Gasteiger partial charge in [0, 0.05) is 12.2 Å². The van der Waals surface area contributed by atoms with Crippen molar-refractivity contribution in [1.82, 2.24) is 4.90 Å². The van der Waals surface area contributed by atoms with Crippen LogP contribution in [0.5, 0.6) is 5.75 Å². The zero-order chi connectivity index (χ0) is 30.8. The van der Waals surface area contributed by atoms with Gasteiger partial charge in [-0.2, -0.15) is 0 Å². The van der Waals surface area contributed by atoms with E-state index in [2.05, 4.69) is 12.2 Å². The molecule has 1 N–H and O–H groups in total. The fourth-order valence-corrected chi connectivity index (χ4v) is 8.90. The van der Waals surface area contributed by atoms with E-state index < -0.39 is 12.0 Å². The van der Waals surface area contributed by atoms with Gasteiger partial charge < -0.3 is 19.7 Å². The third-order valence-corrected chi connectivity index (χ3v) is 10.4. The van der Waals surface area contributed by atoms with Crippen LogP contribution in [0.25, 0.3) is 0 Å². The molecule has 2 aromatic rings. The number of nitrogens with one attached hydrogen (secondary N) is 1. The zero-order valence-corrected chi connectivity index (χ0v) is 26.6. The van der Waals surface area contributed by atoms with E-state index in [1.54, 1.807) is 31.2 Å². The summed E-state index contributed by atoms with van der Waals surface area (Å²) in [7, 11) is 0. The average molecular weight is 618 g/mol. The van der Waals surface area contributed by atoms with E-state index in [9.17, 15) is 14.4 Å². The minimum atomic E-state index is -0.701. The van der Waals surface area contributed by atoms with Gasteiger partial charge in [0.05, 0.1) is 30.9 Å². The van der Waals surface area contributed by atoms with Gasteiger partial charge in [-0.15, -0.1) is 0 Å². The van der Waals surface area contributed by atoms with Crippen molar-refractivity contribution in [2.75, 3.05) is 30.0 Å². The number of rotatable bonds is 12. The molecule has 1 aliphatic heterocycles. The Kier molecular flexibility index (Phi) is 8.94. The first-order valence-corrected chi connectivity index (χ1v) is 16.6. The maximum absolute atomic E-state index is 14.0. The van der Waals surface area contributed by atoms with Crippen LogP contribution >= 0.6 is 12.2 Å². The summed E-state index contributed by atoms with van der Waals surface area (Å²) < 4.78 is 10.8. The summed E-state index contributed by atoms with van der Waals surface area (Å²) in [5.41, 5.74) is 1.96. The normalized spacial score (nSPS) is 27.1. The molecule has 4 bridgehead atoms. The fourth-order valence-electron chi connectivity index (χ4n) is 8.48. The number of hydrogen-bond acceptors (Lipinski definition) is 6. The smallest absolute Gasteiger partial charge is 0.338 e. The molecule has 234 valence electrons. The van der Waals surface area contributed by atoms with Crippen LogP contribution in [0.15, 0.2) is 48.5 Å². The molecule has 2 amide bonds. The Balaban J connectivity index is 1.19. The van der Waals surface area contributed by atoms with Crippen LogP contribution in [0.3, 0.4) is 0 Å². The number of nitrogens with zero attached hydrogens (tertiary/aromatic N) is 2. The second-order valence-corrected chi connectivity index (χ2v) is 13.6. The first-order valence-electron chi connectivity index (χ1n) is 16.2. The molecule has 0 unspecified atom stereocenters. The molecule has 1 saturated heterocycles. The van der Waals surface area contributed by atoms with E-state index >= 15 is 0 Å².